The number of ether oxygens (including phenoxy) is 2. The van der Waals surface area contributed by atoms with Crippen molar-refractivity contribution in [2.45, 2.75) is 6.42 Å². The Morgan fingerprint density at radius 1 is 0.962 bits per heavy atom. The first-order valence-electron chi connectivity index (χ1n) is 7.69. The molecule has 26 heavy (non-hydrogen) atoms. The van der Waals surface area contributed by atoms with Crippen molar-refractivity contribution in [1.82, 2.24) is 5.32 Å². The third kappa shape index (κ3) is 5.28. The van der Waals surface area contributed by atoms with Gasteiger partial charge in [-0.25, -0.2) is 0 Å². The molecule has 0 fully saturated rings. The van der Waals surface area contributed by atoms with E-state index in [1.807, 2.05) is 0 Å². The Labute approximate surface area is 161 Å². The van der Waals surface area contributed by atoms with Crippen molar-refractivity contribution in [3.05, 3.63) is 52.0 Å². The van der Waals surface area contributed by atoms with Gasteiger partial charge in [-0.3, -0.25) is 9.59 Å². The van der Waals surface area contributed by atoms with Crippen molar-refractivity contribution in [3.63, 3.8) is 0 Å². The van der Waals surface area contributed by atoms with E-state index in [1.54, 1.807) is 36.4 Å². The van der Waals surface area contributed by atoms with Gasteiger partial charge in [0.15, 0.2) is 11.5 Å². The molecule has 0 saturated carbocycles. The van der Waals surface area contributed by atoms with Crippen LogP contribution in [0.5, 0.6) is 11.5 Å². The normalized spacial score (nSPS) is 10.2. The molecule has 0 aromatic heterocycles. The van der Waals surface area contributed by atoms with Crippen molar-refractivity contribution < 1.29 is 19.1 Å². The summed E-state index contributed by atoms with van der Waals surface area (Å²) < 4.78 is 10.3. The standard InChI is InChI=1S/C18H18Cl2N2O4/c1-25-15-6-5-13(10-16(15)26-2)22-18(24)17(23)21-8-7-11-3-4-12(19)9-14(11)20/h3-6,9-10H,7-8H2,1-2H3,(H,21,23)(H,22,24). The van der Waals surface area contributed by atoms with Crippen molar-refractivity contribution in [1.29, 1.82) is 0 Å². The molecule has 2 aromatic rings. The van der Waals surface area contributed by atoms with Gasteiger partial charge in [0.25, 0.3) is 0 Å². The molecular weight excluding hydrogens is 379 g/mol. The highest BCUT2D eigenvalue weighted by Gasteiger charge is 2.14. The number of amides is 2. The van der Waals surface area contributed by atoms with Crippen LogP contribution in [-0.4, -0.2) is 32.6 Å². The molecule has 2 rings (SSSR count). The second kappa shape index (κ2) is 9.31. The first-order chi connectivity index (χ1) is 12.4. The molecule has 2 N–H and O–H groups in total. The topological polar surface area (TPSA) is 76.7 Å². The van der Waals surface area contributed by atoms with Crippen LogP contribution in [0.15, 0.2) is 36.4 Å². The number of carbonyl (C=O) groups excluding carboxylic acids is 2. The fourth-order valence-corrected chi connectivity index (χ4v) is 2.72. The Hall–Kier alpha value is -2.44. The molecule has 0 aliphatic heterocycles. The van der Waals surface area contributed by atoms with E-state index in [2.05, 4.69) is 10.6 Å². The number of carbonyl (C=O) groups is 2. The van der Waals surface area contributed by atoms with Gasteiger partial charge in [-0.05, 0) is 36.2 Å². The zero-order valence-electron chi connectivity index (χ0n) is 14.3. The van der Waals surface area contributed by atoms with E-state index in [9.17, 15) is 9.59 Å². The van der Waals surface area contributed by atoms with Crippen molar-refractivity contribution in [3.8, 4) is 11.5 Å². The van der Waals surface area contributed by atoms with E-state index in [0.29, 0.717) is 33.7 Å². The second-order valence-electron chi connectivity index (χ2n) is 5.27. The summed E-state index contributed by atoms with van der Waals surface area (Å²) in [5.41, 5.74) is 1.25. The van der Waals surface area contributed by atoms with E-state index in [-0.39, 0.29) is 6.54 Å². The maximum absolute atomic E-state index is 12.0. The summed E-state index contributed by atoms with van der Waals surface area (Å²) in [7, 11) is 2.99. The highest BCUT2D eigenvalue weighted by molar-refractivity contribution is 6.39. The van der Waals surface area contributed by atoms with E-state index in [0.717, 1.165) is 5.56 Å². The van der Waals surface area contributed by atoms with Gasteiger partial charge in [0, 0.05) is 28.3 Å². The molecule has 0 saturated heterocycles. The molecule has 0 spiro atoms. The maximum Gasteiger partial charge on any atom is 0.313 e. The Kier molecular flexibility index (Phi) is 7.12. The predicted octanol–water partition coefficient (Wildman–Crippen LogP) is 3.31. The van der Waals surface area contributed by atoms with Crippen LogP contribution in [-0.2, 0) is 16.0 Å². The highest BCUT2D eigenvalue weighted by atomic mass is 35.5. The van der Waals surface area contributed by atoms with Gasteiger partial charge in [0.1, 0.15) is 0 Å². The molecule has 0 atom stereocenters. The van der Waals surface area contributed by atoms with Crippen LogP contribution < -0.4 is 20.1 Å². The number of hydrogen-bond acceptors (Lipinski definition) is 4. The van der Waals surface area contributed by atoms with Crippen LogP contribution in [0.3, 0.4) is 0 Å². The van der Waals surface area contributed by atoms with Crippen molar-refractivity contribution in [2.24, 2.45) is 0 Å². The Morgan fingerprint density at radius 3 is 2.35 bits per heavy atom. The third-order valence-corrected chi connectivity index (χ3v) is 4.13. The molecule has 8 heteroatoms. The number of methoxy groups -OCH3 is 2. The molecule has 0 radical (unpaired) electrons. The molecule has 2 amide bonds. The molecule has 6 nitrogen and oxygen atoms in total. The van der Waals surface area contributed by atoms with Gasteiger partial charge in [0.2, 0.25) is 0 Å². The molecule has 2 aromatic carbocycles. The lowest BCUT2D eigenvalue weighted by Gasteiger charge is -2.11. The number of rotatable bonds is 6. The van der Waals surface area contributed by atoms with Crippen LogP contribution in [0.25, 0.3) is 0 Å². The van der Waals surface area contributed by atoms with Crippen LogP contribution >= 0.6 is 23.2 Å². The minimum atomic E-state index is -0.778. The average Bonchev–Trinajstić information content (AvgIpc) is 2.63. The maximum atomic E-state index is 12.0. The molecule has 0 aliphatic rings. The SMILES string of the molecule is COc1ccc(NC(=O)C(=O)NCCc2ccc(Cl)cc2Cl)cc1OC. The lowest BCUT2D eigenvalue weighted by atomic mass is 10.1. The Morgan fingerprint density at radius 2 is 1.69 bits per heavy atom. The average molecular weight is 397 g/mol. The van der Waals surface area contributed by atoms with E-state index < -0.39 is 11.8 Å². The van der Waals surface area contributed by atoms with Crippen LogP contribution in [0, 0.1) is 0 Å². The number of anilines is 1. The van der Waals surface area contributed by atoms with Gasteiger partial charge < -0.3 is 20.1 Å². The lowest BCUT2D eigenvalue weighted by molar-refractivity contribution is -0.136. The number of halogens is 2. The van der Waals surface area contributed by atoms with Crippen LogP contribution in [0.2, 0.25) is 10.0 Å². The summed E-state index contributed by atoms with van der Waals surface area (Å²) >= 11 is 11.9. The highest BCUT2D eigenvalue weighted by Crippen LogP contribution is 2.29. The monoisotopic (exact) mass is 396 g/mol. The van der Waals surface area contributed by atoms with E-state index in [1.165, 1.54) is 14.2 Å². The van der Waals surface area contributed by atoms with Crippen molar-refractivity contribution in [2.75, 3.05) is 26.1 Å². The largest absolute Gasteiger partial charge is 0.493 e. The van der Waals surface area contributed by atoms with Gasteiger partial charge in [0.05, 0.1) is 14.2 Å². The smallest absolute Gasteiger partial charge is 0.313 e. The fourth-order valence-electron chi connectivity index (χ4n) is 2.22. The quantitative estimate of drug-likeness (QED) is 0.734. The zero-order chi connectivity index (χ0) is 19.1. The third-order valence-electron chi connectivity index (χ3n) is 3.54. The number of benzene rings is 2. The zero-order valence-corrected chi connectivity index (χ0v) is 15.8. The lowest BCUT2D eigenvalue weighted by Crippen LogP contribution is -2.36. The van der Waals surface area contributed by atoms with Gasteiger partial charge in [-0.15, -0.1) is 0 Å². The second-order valence-corrected chi connectivity index (χ2v) is 6.11. The van der Waals surface area contributed by atoms with E-state index >= 15 is 0 Å². The number of hydrogen-bond donors (Lipinski definition) is 2. The van der Waals surface area contributed by atoms with Crippen LogP contribution in [0.1, 0.15) is 5.56 Å². The predicted molar refractivity (Wildman–Crippen MR) is 101 cm³/mol. The molecule has 138 valence electrons. The van der Waals surface area contributed by atoms with Crippen molar-refractivity contribution >= 4 is 40.7 Å². The Balaban J connectivity index is 1.88. The van der Waals surface area contributed by atoms with Gasteiger partial charge in [-0.2, -0.15) is 0 Å². The number of nitrogens with one attached hydrogen (secondary N) is 2. The first kappa shape index (κ1) is 19.9. The summed E-state index contributed by atoms with van der Waals surface area (Å²) in [5, 5.41) is 6.11. The van der Waals surface area contributed by atoms with Gasteiger partial charge >= 0.3 is 11.8 Å². The summed E-state index contributed by atoms with van der Waals surface area (Å²) in [6.07, 6.45) is 0.478. The summed E-state index contributed by atoms with van der Waals surface area (Å²) in [6, 6.07) is 9.94. The first-order valence-corrected chi connectivity index (χ1v) is 8.45. The van der Waals surface area contributed by atoms with E-state index in [4.69, 9.17) is 32.7 Å². The molecular formula is C18H18Cl2N2O4. The summed E-state index contributed by atoms with van der Waals surface area (Å²) in [6.45, 7) is 0.263. The summed E-state index contributed by atoms with van der Waals surface area (Å²) in [5.74, 6) is -0.554. The molecule has 0 unspecified atom stereocenters. The van der Waals surface area contributed by atoms with Gasteiger partial charge in [-0.1, -0.05) is 29.3 Å². The molecule has 0 bridgehead atoms. The molecule has 0 aliphatic carbocycles. The van der Waals surface area contributed by atoms with Crippen LogP contribution in [0.4, 0.5) is 5.69 Å². The minimum Gasteiger partial charge on any atom is -0.493 e. The minimum absolute atomic E-state index is 0.263. The fraction of sp³-hybridized carbons (Fsp3) is 0.222. The molecule has 0 heterocycles. The summed E-state index contributed by atoms with van der Waals surface area (Å²) in [4.78, 5) is 23.9. The Bertz CT molecular complexity index is 812.